The molecule has 1 unspecified atom stereocenters. The van der Waals surface area contributed by atoms with E-state index < -0.39 is 0 Å². The maximum atomic E-state index is 6.44. The maximum absolute atomic E-state index is 6.44. The molecule has 5 aliphatic rings. The lowest BCUT2D eigenvalue weighted by Gasteiger charge is -2.28. The van der Waals surface area contributed by atoms with Crippen molar-refractivity contribution in [3.05, 3.63) is 412 Å². The largest absolute Gasteiger partial charge is 0.461 e. The quantitative estimate of drug-likeness (QED) is 0.128. The second kappa shape index (κ2) is 30.5. The zero-order valence-corrected chi connectivity index (χ0v) is 64.2. The minimum absolute atomic E-state index is 0.181. The van der Waals surface area contributed by atoms with E-state index in [0.717, 1.165) is 149 Å². The standard InChI is InChI=1S/2C39H25NO.C32H26N2O/c1-3-11-26(12-4-1)34-24-36(27-13-5-2-6-14-27)40-25-35(34)29-16-9-15-28(23-29)30-21-22-38-39-32(30)18-10-19-33(39)31-17-7-8-20-37(31)41-38;1-3-10-26(11-4-1)34-24-36(29-12-5-2-6-13-29)40-25-35(34)28-20-18-27(19-21-28)30-22-23-38-39-32(30)15-9-16-33(39)31-14-7-8-17-37(31)41-38;1-3-10-21(11-4-1)27-20-28(34-32(33-27)22-12-5-2-6-13-22)23-18-19-30-31-25(23)15-9-16-26(31)24-14-7-8-17-29(24)35-30/h2*1-25H;1-6,9-12,15-16,18-20,22H,7-8,13-14,17H2. The van der Waals surface area contributed by atoms with Gasteiger partial charge in [-0.25, -0.2) is 9.97 Å². The molecule has 0 radical (unpaired) electrons. The maximum Gasteiger partial charge on any atom is 0.136 e. The van der Waals surface area contributed by atoms with Gasteiger partial charge in [-0.05, 0) is 180 Å². The van der Waals surface area contributed by atoms with Crippen LogP contribution in [0.3, 0.4) is 0 Å². The van der Waals surface area contributed by atoms with Gasteiger partial charge in [-0.1, -0.05) is 322 Å². The Morgan fingerprint density at radius 1 is 0.248 bits per heavy atom. The summed E-state index contributed by atoms with van der Waals surface area (Å²) < 4.78 is 19.1. The van der Waals surface area contributed by atoms with E-state index in [1.165, 1.54) is 101 Å². The van der Waals surface area contributed by atoms with Crippen molar-refractivity contribution in [1.29, 1.82) is 0 Å². The van der Waals surface area contributed by atoms with Crippen LogP contribution in [0.2, 0.25) is 0 Å². The number of aromatic nitrogens is 4. The first kappa shape index (κ1) is 70.0. The van der Waals surface area contributed by atoms with Crippen molar-refractivity contribution in [3.63, 3.8) is 0 Å². The van der Waals surface area contributed by atoms with Crippen LogP contribution in [0, 0.1) is 0 Å². The Morgan fingerprint density at radius 2 is 0.650 bits per heavy atom. The van der Waals surface area contributed by atoms with Gasteiger partial charge in [0, 0.05) is 85.4 Å². The molecule has 1 atom stereocenters. The van der Waals surface area contributed by atoms with Crippen molar-refractivity contribution in [1.82, 2.24) is 19.9 Å². The number of nitrogens with zero attached hydrogens (tertiary/aromatic N) is 4. The number of allylic oxidation sites excluding steroid dienone is 6. The predicted octanol–water partition coefficient (Wildman–Crippen LogP) is 29.6. The monoisotopic (exact) mass is 1500 g/mol. The Hall–Kier alpha value is -14.9. The first-order chi connectivity index (χ1) is 58.0. The summed E-state index contributed by atoms with van der Waals surface area (Å²) in [5.74, 6) is 6.81. The Morgan fingerprint density at radius 3 is 1.20 bits per heavy atom. The van der Waals surface area contributed by atoms with Crippen molar-refractivity contribution in [2.24, 2.45) is 0 Å². The van der Waals surface area contributed by atoms with Gasteiger partial charge in [-0.3, -0.25) is 9.97 Å². The molecule has 554 valence electrons. The first-order valence-corrected chi connectivity index (χ1v) is 40.4. The fourth-order valence-electron chi connectivity index (χ4n) is 17.6. The van der Waals surface area contributed by atoms with Crippen LogP contribution in [-0.4, -0.2) is 19.9 Å². The molecule has 0 saturated carbocycles. The number of hydrogen-bond donors (Lipinski definition) is 0. The summed E-state index contributed by atoms with van der Waals surface area (Å²) >= 11 is 0. The highest BCUT2D eigenvalue weighted by molar-refractivity contribution is 6.12. The molecule has 15 aromatic carbocycles. The van der Waals surface area contributed by atoms with Crippen LogP contribution in [0.1, 0.15) is 49.4 Å². The highest BCUT2D eigenvalue weighted by Gasteiger charge is 2.29. The predicted molar refractivity (Wildman–Crippen MR) is 480 cm³/mol. The Labute approximate surface area is 680 Å². The molecule has 0 saturated heterocycles. The molecule has 0 bridgehead atoms. The highest BCUT2D eigenvalue weighted by Crippen LogP contribution is 2.53. The molecule has 7 heteroatoms. The molecule has 6 heterocycles. The van der Waals surface area contributed by atoms with E-state index in [4.69, 9.17) is 34.1 Å². The third-order valence-corrected chi connectivity index (χ3v) is 23.3. The van der Waals surface area contributed by atoms with Crippen molar-refractivity contribution in [2.45, 2.75) is 38.0 Å². The summed E-state index contributed by atoms with van der Waals surface area (Å²) in [6, 6.07) is 126. The molecule has 117 heavy (non-hydrogen) atoms. The summed E-state index contributed by atoms with van der Waals surface area (Å²) in [5, 5.41) is 7.12. The Kier molecular flexibility index (Phi) is 18.3. The van der Waals surface area contributed by atoms with Gasteiger partial charge >= 0.3 is 0 Å². The van der Waals surface area contributed by atoms with Gasteiger partial charge in [0.25, 0.3) is 0 Å². The molecular weight excluding hydrogens is 1430 g/mol. The van der Waals surface area contributed by atoms with Gasteiger partial charge in [0.2, 0.25) is 0 Å². The minimum Gasteiger partial charge on any atom is -0.461 e. The second-order valence-electron chi connectivity index (χ2n) is 30.3. The zero-order valence-electron chi connectivity index (χ0n) is 64.2. The van der Waals surface area contributed by atoms with E-state index in [9.17, 15) is 0 Å². The molecule has 3 aliphatic heterocycles. The van der Waals surface area contributed by atoms with Gasteiger partial charge in [0.15, 0.2) is 0 Å². The van der Waals surface area contributed by atoms with Crippen LogP contribution in [0.25, 0.3) is 172 Å². The number of fused-ring (bicyclic) bond motifs is 5. The molecule has 0 amide bonds. The molecule has 2 aliphatic carbocycles. The van der Waals surface area contributed by atoms with E-state index in [0.29, 0.717) is 0 Å². The fourth-order valence-corrected chi connectivity index (χ4v) is 17.6. The summed E-state index contributed by atoms with van der Waals surface area (Å²) in [6.07, 6.45) is 18.1. The number of benzene rings is 15. The van der Waals surface area contributed by atoms with Crippen molar-refractivity contribution < 1.29 is 14.2 Å². The van der Waals surface area contributed by atoms with E-state index in [2.05, 4.69) is 340 Å². The van der Waals surface area contributed by atoms with E-state index in [1.807, 2.05) is 54.9 Å². The molecule has 0 N–H and O–H groups in total. The zero-order chi connectivity index (χ0) is 77.5. The van der Waals surface area contributed by atoms with E-state index in [-0.39, 0.29) is 5.92 Å². The number of pyridine rings is 2. The van der Waals surface area contributed by atoms with Gasteiger partial charge in [0.05, 0.1) is 22.8 Å². The minimum atomic E-state index is 0.181. The molecular formula is C110H76N4O3. The van der Waals surface area contributed by atoms with Gasteiger partial charge < -0.3 is 14.2 Å². The normalized spacial score (nSPS) is 13.7. The molecule has 0 spiro atoms. The number of para-hydroxylation sites is 2. The smallest absolute Gasteiger partial charge is 0.136 e. The third kappa shape index (κ3) is 13.3. The lowest BCUT2D eigenvalue weighted by Crippen LogP contribution is -2.11. The van der Waals surface area contributed by atoms with Gasteiger partial charge in [-0.15, -0.1) is 0 Å². The SMILES string of the molecule is C1=CCC(c2nc(-c3ccccc3)cc(-c3ccc4c5c(cccc35)C3=C(CCCC3)O4)n2)C=C1.c1ccc(-c2cc(-c3ccccc3)c(-c3ccc(-c4ccc5c6c(cccc46)-c4ccccc4O5)cc3)cn2)cc1.c1ccc(-c2cc(-c3ccccc3)c(-c3cccc(-c4ccc5c6c(cccc46)-c4ccccc4O5)c3)cn2)cc1. The first-order valence-electron chi connectivity index (χ1n) is 40.4. The number of ether oxygens (including phenoxy) is 3. The average Bonchev–Trinajstić information content (AvgIpc) is 0.746. The average molecular weight is 1500 g/mol. The van der Waals surface area contributed by atoms with E-state index in [1.54, 1.807) is 0 Å². The molecule has 3 aromatic heterocycles. The third-order valence-electron chi connectivity index (χ3n) is 23.3. The van der Waals surface area contributed by atoms with Crippen molar-refractivity contribution in [2.75, 3.05) is 0 Å². The topological polar surface area (TPSA) is 79.3 Å². The Balaban J connectivity index is 0.000000110. The second-order valence-corrected chi connectivity index (χ2v) is 30.3. The molecule has 7 nitrogen and oxygen atoms in total. The lowest BCUT2D eigenvalue weighted by molar-refractivity contribution is 0.389. The highest BCUT2D eigenvalue weighted by atomic mass is 16.5. The van der Waals surface area contributed by atoms with E-state index >= 15 is 0 Å². The van der Waals surface area contributed by atoms with Gasteiger partial charge in [-0.2, -0.15) is 0 Å². The fraction of sp³-hybridized carbons (Fsp3) is 0.0545. The summed E-state index contributed by atoms with van der Waals surface area (Å²) in [6.45, 7) is 0. The van der Waals surface area contributed by atoms with Crippen molar-refractivity contribution in [3.8, 4) is 163 Å². The van der Waals surface area contributed by atoms with Crippen LogP contribution in [0.5, 0.6) is 28.7 Å². The molecule has 23 rings (SSSR count). The van der Waals surface area contributed by atoms with Crippen LogP contribution in [0.15, 0.2) is 400 Å². The van der Waals surface area contributed by atoms with Crippen LogP contribution in [0.4, 0.5) is 0 Å². The summed E-state index contributed by atoms with van der Waals surface area (Å²) in [4.78, 5) is 19.9. The van der Waals surface area contributed by atoms with Gasteiger partial charge in [0.1, 0.15) is 40.3 Å². The van der Waals surface area contributed by atoms with Crippen LogP contribution < -0.4 is 14.2 Å². The molecule has 0 fully saturated rings. The number of hydrogen-bond acceptors (Lipinski definition) is 7. The van der Waals surface area contributed by atoms with Crippen LogP contribution in [-0.2, 0) is 0 Å². The van der Waals surface area contributed by atoms with Crippen LogP contribution >= 0.6 is 0 Å². The number of rotatable bonds is 11. The Bertz CT molecular complexity index is 6980. The van der Waals surface area contributed by atoms with Crippen molar-refractivity contribution >= 4 is 37.9 Å². The summed E-state index contributed by atoms with van der Waals surface area (Å²) in [7, 11) is 0. The molecule has 18 aromatic rings. The summed E-state index contributed by atoms with van der Waals surface area (Å²) in [5.41, 5.74) is 29.6. The lowest BCUT2D eigenvalue weighted by atomic mass is 9.86.